The Kier molecular flexibility index (Phi) is 1.77. The van der Waals surface area contributed by atoms with Crippen LogP contribution in [0.5, 0.6) is 0 Å². The standard InChI is InChI=1S/C12H12N4/c1-7-2-3-8-9(6-14-10(8)4-7)11-5-12(13)16-15-11/h2-6,14H,1H3,(H3,13,15,16). The molecule has 3 aromatic rings. The predicted molar refractivity (Wildman–Crippen MR) is 65.0 cm³/mol. The van der Waals surface area contributed by atoms with Gasteiger partial charge in [0, 0.05) is 28.7 Å². The van der Waals surface area contributed by atoms with E-state index in [-0.39, 0.29) is 0 Å². The summed E-state index contributed by atoms with van der Waals surface area (Å²) < 4.78 is 0. The van der Waals surface area contributed by atoms with Gasteiger partial charge in [-0.2, -0.15) is 5.10 Å². The molecule has 0 radical (unpaired) electrons. The maximum Gasteiger partial charge on any atom is 0.145 e. The number of aromatic amines is 2. The van der Waals surface area contributed by atoms with Crippen molar-refractivity contribution in [2.75, 3.05) is 5.73 Å². The quantitative estimate of drug-likeness (QED) is 0.579. The third-order valence-corrected chi connectivity index (χ3v) is 2.73. The molecule has 2 aromatic heterocycles. The summed E-state index contributed by atoms with van der Waals surface area (Å²) in [6, 6.07) is 8.16. The Balaban J connectivity index is 2.25. The lowest BCUT2D eigenvalue weighted by atomic mass is 10.1. The third kappa shape index (κ3) is 1.27. The van der Waals surface area contributed by atoms with E-state index in [1.54, 1.807) is 0 Å². The van der Waals surface area contributed by atoms with Crippen molar-refractivity contribution < 1.29 is 0 Å². The van der Waals surface area contributed by atoms with Crippen molar-refractivity contribution in [2.45, 2.75) is 6.92 Å². The molecule has 4 heteroatoms. The van der Waals surface area contributed by atoms with Crippen molar-refractivity contribution in [1.82, 2.24) is 15.2 Å². The van der Waals surface area contributed by atoms with Gasteiger partial charge in [-0.1, -0.05) is 12.1 Å². The highest BCUT2D eigenvalue weighted by Gasteiger charge is 2.07. The van der Waals surface area contributed by atoms with E-state index < -0.39 is 0 Å². The van der Waals surface area contributed by atoms with Crippen LogP contribution in [0.4, 0.5) is 5.82 Å². The Morgan fingerprint density at radius 1 is 1.25 bits per heavy atom. The molecule has 0 fully saturated rings. The van der Waals surface area contributed by atoms with Crippen molar-refractivity contribution in [1.29, 1.82) is 0 Å². The number of aryl methyl sites for hydroxylation is 1. The zero-order chi connectivity index (χ0) is 11.1. The Hall–Kier alpha value is -2.23. The van der Waals surface area contributed by atoms with Crippen LogP contribution < -0.4 is 5.73 Å². The van der Waals surface area contributed by atoms with E-state index in [1.807, 2.05) is 12.3 Å². The van der Waals surface area contributed by atoms with Gasteiger partial charge in [0.2, 0.25) is 0 Å². The highest BCUT2D eigenvalue weighted by atomic mass is 15.2. The second-order valence-corrected chi connectivity index (χ2v) is 3.96. The van der Waals surface area contributed by atoms with Crippen LogP contribution in [0, 0.1) is 6.92 Å². The fourth-order valence-corrected chi connectivity index (χ4v) is 1.94. The Bertz CT molecular complexity index is 648. The van der Waals surface area contributed by atoms with Gasteiger partial charge in [0.05, 0.1) is 5.69 Å². The lowest BCUT2D eigenvalue weighted by Crippen LogP contribution is -1.81. The van der Waals surface area contributed by atoms with E-state index in [0.717, 1.165) is 16.8 Å². The van der Waals surface area contributed by atoms with Crippen molar-refractivity contribution in [3.05, 3.63) is 36.0 Å². The molecule has 80 valence electrons. The minimum Gasteiger partial charge on any atom is -0.382 e. The van der Waals surface area contributed by atoms with E-state index >= 15 is 0 Å². The van der Waals surface area contributed by atoms with Crippen LogP contribution >= 0.6 is 0 Å². The summed E-state index contributed by atoms with van der Waals surface area (Å²) in [5.41, 5.74) is 10.0. The zero-order valence-electron chi connectivity index (χ0n) is 8.91. The summed E-state index contributed by atoms with van der Waals surface area (Å²) in [4.78, 5) is 3.25. The molecule has 0 saturated heterocycles. The number of fused-ring (bicyclic) bond motifs is 1. The highest BCUT2D eigenvalue weighted by molar-refractivity contribution is 5.95. The summed E-state index contributed by atoms with van der Waals surface area (Å²) in [6.07, 6.45) is 1.97. The maximum atomic E-state index is 5.60. The van der Waals surface area contributed by atoms with Crippen LogP contribution in [0.25, 0.3) is 22.2 Å². The van der Waals surface area contributed by atoms with Gasteiger partial charge in [0.25, 0.3) is 0 Å². The average molecular weight is 212 g/mol. The Morgan fingerprint density at radius 3 is 2.88 bits per heavy atom. The number of nitrogens with zero attached hydrogens (tertiary/aromatic N) is 1. The van der Waals surface area contributed by atoms with Gasteiger partial charge in [-0.3, -0.25) is 5.10 Å². The van der Waals surface area contributed by atoms with Crippen LogP contribution in [0.1, 0.15) is 5.56 Å². The number of rotatable bonds is 1. The SMILES string of the molecule is Cc1ccc2c(-c3cc(N)n[nH]3)c[nH]c2c1. The summed E-state index contributed by atoms with van der Waals surface area (Å²) in [5, 5.41) is 8.03. The van der Waals surface area contributed by atoms with Gasteiger partial charge >= 0.3 is 0 Å². The first-order valence-electron chi connectivity index (χ1n) is 5.13. The van der Waals surface area contributed by atoms with Gasteiger partial charge in [0.15, 0.2) is 0 Å². The van der Waals surface area contributed by atoms with Crippen LogP contribution in [-0.2, 0) is 0 Å². The molecule has 0 atom stereocenters. The monoisotopic (exact) mass is 212 g/mol. The molecule has 0 spiro atoms. The van der Waals surface area contributed by atoms with E-state index in [4.69, 9.17) is 5.73 Å². The van der Waals surface area contributed by atoms with Crippen LogP contribution in [0.2, 0.25) is 0 Å². The van der Waals surface area contributed by atoms with Crippen molar-refractivity contribution >= 4 is 16.7 Å². The minimum atomic E-state index is 0.511. The summed E-state index contributed by atoms with van der Waals surface area (Å²) >= 11 is 0. The normalized spacial score (nSPS) is 11.1. The van der Waals surface area contributed by atoms with Crippen LogP contribution in [0.15, 0.2) is 30.5 Å². The molecule has 2 heterocycles. The van der Waals surface area contributed by atoms with E-state index in [9.17, 15) is 0 Å². The molecule has 3 rings (SSSR count). The molecule has 4 nitrogen and oxygen atoms in total. The maximum absolute atomic E-state index is 5.60. The summed E-state index contributed by atoms with van der Waals surface area (Å²) in [5.74, 6) is 0.511. The number of hydrogen-bond donors (Lipinski definition) is 3. The summed E-state index contributed by atoms with van der Waals surface area (Å²) in [7, 11) is 0. The van der Waals surface area contributed by atoms with Gasteiger partial charge in [-0.05, 0) is 18.6 Å². The molecule has 4 N–H and O–H groups in total. The number of nitrogens with two attached hydrogens (primary N) is 1. The molecule has 0 aliphatic heterocycles. The average Bonchev–Trinajstić information content (AvgIpc) is 2.83. The topological polar surface area (TPSA) is 70.5 Å². The predicted octanol–water partition coefficient (Wildman–Crippen LogP) is 2.45. The van der Waals surface area contributed by atoms with E-state index in [1.165, 1.54) is 10.9 Å². The molecule has 0 saturated carbocycles. The number of nitrogen functional groups attached to an aromatic ring is 1. The van der Waals surface area contributed by atoms with Crippen molar-refractivity contribution in [3.63, 3.8) is 0 Å². The molecule has 0 aliphatic rings. The second kappa shape index (κ2) is 3.13. The van der Waals surface area contributed by atoms with Gasteiger partial charge in [-0.25, -0.2) is 0 Å². The van der Waals surface area contributed by atoms with Gasteiger partial charge in [-0.15, -0.1) is 0 Å². The first-order valence-corrected chi connectivity index (χ1v) is 5.13. The van der Waals surface area contributed by atoms with E-state index in [0.29, 0.717) is 5.82 Å². The van der Waals surface area contributed by atoms with Gasteiger partial charge < -0.3 is 10.7 Å². The number of benzene rings is 1. The molecule has 0 aliphatic carbocycles. The first kappa shape index (κ1) is 9.03. The smallest absolute Gasteiger partial charge is 0.145 e. The van der Waals surface area contributed by atoms with Crippen molar-refractivity contribution in [2.24, 2.45) is 0 Å². The van der Waals surface area contributed by atoms with Crippen LogP contribution in [0.3, 0.4) is 0 Å². The molecule has 16 heavy (non-hydrogen) atoms. The lowest BCUT2D eigenvalue weighted by Gasteiger charge is -1.95. The molecule has 0 bridgehead atoms. The molecular formula is C12H12N4. The number of anilines is 1. The number of hydrogen-bond acceptors (Lipinski definition) is 2. The van der Waals surface area contributed by atoms with Crippen molar-refractivity contribution in [3.8, 4) is 11.3 Å². The Morgan fingerprint density at radius 2 is 2.12 bits per heavy atom. The molecule has 1 aromatic carbocycles. The molecule has 0 unspecified atom stereocenters. The largest absolute Gasteiger partial charge is 0.382 e. The lowest BCUT2D eigenvalue weighted by molar-refractivity contribution is 1.10. The number of aromatic nitrogens is 3. The van der Waals surface area contributed by atoms with Gasteiger partial charge in [0.1, 0.15) is 5.82 Å². The number of H-pyrrole nitrogens is 2. The first-order chi connectivity index (χ1) is 7.74. The van der Waals surface area contributed by atoms with Crippen LogP contribution in [-0.4, -0.2) is 15.2 Å². The molecule has 0 amide bonds. The summed E-state index contributed by atoms with van der Waals surface area (Å²) in [6.45, 7) is 2.08. The second-order valence-electron chi connectivity index (χ2n) is 3.96. The Labute approximate surface area is 92.5 Å². The fraction of sp³-hybridized carbons (Fsp3) is 0.0833. The van der Waals surface area contributed by atoms with E-state index in [2.05, 4.69) is 40.3 Å². The molecular weight excluding hydrogens is 200 g/mol. The number of nitrogens with one attached hydrogen (secondary N) is 2. The minimum absolute atomic E-state index is 0.511. The third-order valence-electron chi connectivity index (χ3n) is 2.73. The highest BCUT2D eigenvalue weighted by Crippen LogP contribution is 2.28. The fourth-order valence-electron chi connectivity index (χ4n) is 1.94. The zero-order valence-corrected chi connectivity index (χ0v) is 8.91.